The van der Waals surface area contributed by atoms with Gasteiger partial charge in [-0.1, -0.05) is 107 Å². The molecular formula is C33H26Cl2N2O2S2. The number of carbonyl (C=O) groups is 1. The molecule has 0 saturated carbocycles. The number of aromatic nitrogens is 2. The first kappa shape index (κ1) is 27.9. The van der Waals surface area contributed by atoms with Crippen LogP contribution < -0.4 is 0 Å². The zero-order valence-electron chi connectivity index (χ0n) is 22.2. The van der Waals surface area contributed by atoms with Gasteiger partial charge in [0.25, 0.3) is 0 Å². The third-order valence-electron chi connectivity index (χ3n) is 6.90. The van der Waals surface area contributed by atoms with Gasteiger partial charge in [0.2, 0.25) is 0 Å². The molecule has 0 amide bonds. The van der Waals surface area contributed by atoms with Gasteiger partial charge in [0.05, 0.1) is 7.11 Å². The first-order chi connectivity index (χ1) is 20.0. The third-order valence-corrected chi connectivity index (χ3v) is 9.95. The predicted octanol–water partition coefficient (Wildman–Crippen LogP) is 9.38. The van der Waals surface area contributed by atoms with Crippen molar-refractivity contribution >= 4 is 74.5 Å². The minimum absolute atomic E-state index is 0.274. The largest absolute Gasteiger partial charge is 0.468 e. The van der Waals surface area contributed by atoms with E-state index in [1.54, 1.807) is 0 Å². The van der Waals surface area contributed by atoms with E-state index < -0.39 is 4.58 Å². The van der Waals surface area contributed by atoms with E-state index in [4.69, 9.17) is 27.9 Å². The van der Waals surface area contributed by atoms with E-state index in [1.165, 1.54) is 30.6 Å². The van der Waals surface area contributed by atoms with Crippen LogP contribution in [0.1, 0.15) is 11.1 Å². The number of ether oxygens (including phenoxy) is 1. The molecule has 4 aromatic carbocycles. The number of para-hydroxylation sites is 2. The molecule has 0 N–H and O–H groups in total. The second-order valence-corrected chi connectivity index (χ2v) is 13.1. The highest BCUT2D eigenvalue weighted by Crippen LogP contribution is 2.42. The van der Waals surface area contributed by atoms with Gasteiger partial charge < -0.3 is 13.9 Å². The van der Waals surface area contributed by atoms with Crippen LogP contribution in [-0.2, 0) is 22.6 Å². The molecule has 6 aromatic rings. The van der Waals surface area contributed by atoms with Gasteiger partial charge in [-0.25, -0.2) is 4.79 Å². The summed E-state index contributed by atoms with van der Waals surface area (Å²) in [5.41, 5.74) is 4.52. The number of fused-ring (bicyclic) bond motifs is 2. The molecule has 2 aromatic heterocycles. The molecule has 0 atom stereocenters. The normalized spacial score (nSPS) is 11.5. The lowest BCUT2D eigenvalue weighted by Crippen LogP contribution is -2.14. The lowest BCUT2D eigenvalue weighted by Gasteiger charge is -2.13. The Morgan fingerprint density at radius 3 is 1.51 bits per heavy atom. The SMILES string of the molecule is COC(=O)C(Sc1cn(Cc2ccc(Cl)cc2)c2ccccc12)Sc1cn(Cc2ccc(Cl)cc2)c2ccccc12. The maximum Gasteiger partial charge on any atom is 0.329 e. The van der Waals surface area contributed by atoms with Crippen molar-refractivity contribution in [1.29, 1.82) is 0 Å². The minimum Gasteiger partial charge on any atom is -0.468 e. The van der Waals surface area contributed by atoms with Crippen molar-refractivity contribution in [1.82, 2.24) is 9.13 Å². The maximum absolute atomic E-state index is 13.1. The summed E-state index contributed by atoms with van der Waals surface area (Å²) in [6.45, 7) is 1.40. The summed E-state index contributed by atoms with van der Waals surface area (Å²) in [5.74, 6) is -0.274. The van der Waals surface area contributed by atoms with E-state index in [9.17, 15) is 4.79 Å². The molecule has 0 saturated heterocycles. The van der Waals surface area contributed by atoms with Crippen LogP contribution >= 0.6 is 46.7 Å². The fourth-order valence-corrected chi connectivity index (χ4v) is 7.78. The van der Waals surface area contributed by atoms with Gasteiger partial charge in [0.15, 0.2) is 4.58 Å². The number of rotatable bonds is 9. The van der Waals surface area contributed by atoms with Crippen LogP contribution in [0.25, 0.3) is 21.8 Å². The number of carbonyl (C=O) groups excluding carboxylic acids is 1. The monoisotopic (exact) mass is 616 g/mol. The fourth-order valence-electron chi connectivity index (χ4n) is 4.90. The quantitative estimate of drug-likeness (QED) is 0.0920. The Balaban J connectivity index is 1.32. The number of hydrogen-bond donors (Lipinski definition) is 0. The van der Waals surface area contributed by atoms with Crippen molar-refractivity contribution in [2.24, 2.45) is 0 Å². The Labute approximate surface area is 257 Å². The number of nitrogens with zero attached hydrogens (tertiary/aromatic N) is 2. The molecule has 206 valence electrons. The van der Waals surface area contributed by atoms with E-state index in [2.05, 4.69) is 45.8 Å². The number of methoxy groups -OCH3 is 1. The molecule has 4 nitrogen and oxygen atoms in total. The molecule has 2 heterocycles. The molecule has 0 fully saturated rings. The van der Waals surface area contributed by atoms with Crippen molar-refractivity contribution in [3.8, 4) is 0 Å². The van der Waals surface area contributed by atoms with Crippen molar-refractivity contribution in [3.63, 3.8) is 0 Å². The molecular weight excluding hydrogens is 591 g/mol. The minimum atomic E-state index is -0.496. The van der Waals surface area contributed by atoms with E-state index in [1.807, 2.05) is 72.8 Å². The summed E-state index contributed by atoms with van der Waals surface area (Å²) in [6.07, 6.45) is 4.26. The second-order valence-electron chi connectivity index (χ2n) is 9.62. The lowest BCUT2D eigenvalue weighted by molar-refractivity contribution is -0.138. The number of esters is 1. The molecule has 0 radical (unpaired) electrons. The third kappa shape index (κ3) is 6.16. The summed E-state index contributed by atoms with van der Waals surface area (Å²) >= 11 is 15.3. The lowest BCUT2D eigenvalue weighted by atomic mass is 10.2. The average Bonchev–Trinajstić information content (AvgIpc) is 3.52. The number of hydrogen-bond acceptors (Lipinski definition) is 4. The molecule has 8 heteroatoms. The van der Waals surface area contributed by atoms with Crippen LogP contribution in [0, 0.1) is 0 Å². The zero-order chi connectivity index (χ0) is 28.3. The first-order valence-corrected chi connectivity index (χ1v) is 15.6. The Morgan fingerprint density at radius 2 is 1.10 bits per heavy atom. The molecule has 0 bridgehead atoms. The van der Waals surface area contributed by atoms with E-state index in [-0.39, 0.29) is 5.97 Å². The Hall–Kier alpha value is -3.29. The van der Waals surface area contributed by atoms with Gasteiger partial charge in [-0.05, 0) is 47.5 Å². The van der Waals surface area contributed by atoms with Gasteiger partial charge in [-0.2, -0.15) is 0 Å². The van der Waals surface area contributed by atoms with Gasteiger partial charge in [-0.3, -0.25) is 0 Å². The summed E-state index contributed by atoms with van der Waals surface area (Å²) in [5, 5.41) is 3.64. The van der Waals surface area contributed by atoms with Crippen LogP contribution in [-0.4, -0.2) is 26.8 Å². The highest BCUT2D eigenvalue weighted by molar-refractivity contribution is 8.18. The van der Waals surface area contributed by atoms with Gasteiger partial charge >= 0.3 is 5.97 Å². The predicted molar refractivity (Wildman–Crippen MR) is 173 cm³/mol. The van der Waals surface area contributed by atoms with Gasteiger partial charge in [0, 0.05) is 67.1 Å². The molecule has 0 aliphatic carbocycles. The Kier molecular flexibility index (Phi) is 8.35. The molecule has 0 aliphatic rings. The van der Waals surface area contributed by atoms with Crippen LogP contribution in [0.4, 0.5) is 0 Å². The van der Waals surface area contributed by atoms with Crippen LogP contribution in [0.3, 0.4) is 0 Å². The van der Waals surface area contributed by atoms with Crippen molar-refractivity contribution in [2.75, 3.05) is 7.11 Å². The van der Waals surface area contributed by atoms with Gasteiger partial charge in [-0.15, -0.1) is 0 Å². The molecule has 6 rings (SSSR count). The second kappa shape index (κ2) is 12.3. The van der Waals surface area contributed by atoms with Crippen LogP contribution in [0.2, 0.25) is 10.0 Å². The maximum atomic E-state index is 13.1. The Morgan fingerprint density at radius 1 is 0.683 bits per heavy atom. The molecule has 0 aliphatic heterocycles. The smallest absolute Gasteiger partial charge is 0.329 e. The first-order valence-electron chi connectivity index (χ1n) is 13.0. The summed E-state index contributed by atoms with van der Waals surface area (Å²) in [7, 11) is 1.45. The number of thioether (sulfide) groups is 2. The molecule has 41 heavy (non-hydrogen) atoms. The van der Waals surface area contributed by atoms with E-state index in [0.717, 1.165) is 52.8 Å². The summed E-state index contributed by atoms with van der Waals surface area (Å²) in [6, 6.07) is 32.4. The number of benzene rings is 4. The van der Waals surface area contributed by atoms with E-state index >= 15 is 0 Å². The zero-order valence-corrected chi connectivity index (χ0v) is 25.3. The highest BCUT2D eigenvalue weighted by atomic mass is 35.5. The van der Waals surface area contributed by atoms with Crippen molar-refractivity contribution < 1.29 is 9.53 Å². The molecule has 0 spiro atoms. The topological polar surface area (TPSA) is 36.2 Å². The fraction of sp³-hybridized carbons (Fsp3) is 0.121. The Bertz CT molecular complexity index is 1700. The standard InChI is InChI=1S/C33H26Cl2N2O2S2/c1-39-32(38)33(40-30-20-36(28-8-4-2-6-26(28)30)18-22-10-14-24(34)15-11-22)41-31-21-37(29-9-5-3-7-27(29)31)19-23-12-16-25(35)17-13-23/h2-17,20-21,33H,18-19H2,1H3. The van der Waals surface area contributed by atoms with Crippen LogP contribution in [0.15, 0.2) is 119 Å². The van der Waals surface area contributed by atoms with Crippen LogP contribution in [0.5, 0.6) is 0 Å². The van der Waals surface area contributed by atoms with Crippen molar-refractivity contribution in [2.45, 2.75) is 27.5 Å². The highest BCUT2D eigenvalue weighted by Gasteiger charge is 2.26. The summed E-state index contributed by atoms with van der Waals surface area (Å²) < 4.78 is 9.23. The number of halogens is 2. The molecule has 0 unspecified atom stereocenters. The van der Waals surface area contributed by atoms with E-state index in [0.29, 0.717) is 13.1 Å². The van der Waals surface area contributed by atoms with Gasteiger partial charge in [0.1, 0.15) is 0 Å². The average molecular weight is 618 g/mol. The summed E-state index contributed by atoms with van der Waals surface area (Å²) in [4.78, 5) is 15.2. The van der Waals surface area contributed by atoms with Crippen molar-refractivity contribution in [3.05, 3.63) is 131 Å².